The molecule has 2 heterocycles. The van der Waals surface area contributed by atoms with Crippen LogP contribution in [0, 0.1) is 0 Å². The van der Waals surface area contributed by atoms with E-state index in [-0.39, 0.29) is 5.41 Å². The Morgan fingerprint density at radius 3 is 1.40 bits per heavy atom. The van der Waals surface area contributed by atoms with E-state index in [4.69, 9.17) is 15.0 Å². The van der Waals surface area contributed by atoms with Gasteiger partial charge in [0.25, 0.3) is 0 Å². The number of rotatable bonds is 8. The average molecular weight is 853 g/mol. The van der Waals surface area contributed by atoms with Gasteiger partial charge in [-0.25, -0.2) is 15.0 Å². The number of aromatic nitrogens is 4. The average Bonchev–Trinajstić information content (AvgIpc) is 3.82. The lowest BCUT2D eigenvalue weighted by molar-refractivity contribution is 0.661. The molecule has 2 aromatic heterocycles. The van der Waals surface area contributed by atoms with Crippen LogP contribution >= 0.6 is 10.0 Å². The maximum atomic E-state index is 5.35. The second kappa shape index (κ2) is 15.4. The van der Waals surface area contributed by atoms with Gasteiger partial charge in [0.15, 0.2) is 17.5 Å². The molecule has 4 nitrogen and oxygen atoms in total. The van der Waals surface area contributed by atoms with Gasteiger partial charge in [0.05, 0.1) is 11.0 Å². The van der Waals surface area contributed by atoms with Crippen LogP contribution in [-0.2, 0) is 5.41 Å². The van der Waals surface area contributed by atoms with E-state index in [1.165, 1.54) is 52.6 Å². The molecule has 65 heavy (non-hydrogen) atoms. The molecule has 9 aromatic carbocycles. The predicted octanol–water partition coefficient (Wildman–Crippen LogP) is 15.6. The largest absolute Gasteiger partial charge is 0.309 e. The smallest absolute Gasteiger partial charge is 0.164 e. The van der Waals surface area contributed by atoms with Crippen molar-refractivity contribution in [1.29, 1.82) is 0 Å². The van der Waals surface area contributed by atoms with Crippen molar-refractivity contribution in [2.75, 3.05) is 0 Å². The van der Waals surface area contributed by atoms with Crippen molar-refractivity contribution < 1.29 is 0 Å². The zero-order chi connectivity index (χ0) is 43.5. The highest BCUT2D eigenvalue weighted by Gasteiger charge is 2.37. The third kappa shape index (κ3) is 6.26. The first kappa shape index (κ1) is 38.8. The lowest BCUT2D eigenvalue weighted by Gasteiger charge is -2.42. The van der Waals surface area contributed by atoms with Gasteiger partial charge in [-0.1, -0.05) is 172 Å². The Labute approximate surface area is 380 Å². The van der Waals surface area contributed by atoms with Crippen molar-refractivity contribution >= 4 is 31.8 Å². The van der Waals surface area contributed by atoms with E-state index in [9.17, 15) is 0 Å². The van der Waals surface area contributed by atoms with Gasteiger partial charge in [0.1, 0.15) is 0 Å². The van der Waals surface area contributed by atoms with Crippen LogP contribution in [-0.4, -0.2) is 19.5 Å². The Bertz CT molecular complexity index is 3400. The van der Waals surface area contributed by atoms with E-state index in [1.54, 1.807) is 0 Å². The normalized spacial score (nSPS) is 13.1. The summed E-state index contributed by atoms with van der Waals surface area (Å²) in [5.74, 6) is 1.87. The molecule has 0 saturated heterocycles. The van der Waals surface area contributed by atoms with Gasteiger partial charge in [-0.3, -0.25) is 0 Å². The number of fused-ring (bicyclic) bond motifs is 6. The second-order valence-electron chi connectivity index (χ2n) is 17.2. The monoisotopic (exact) mass is 852 g/mol. The number of para-hydroxylation sites is 1. The first-order valence-corrected chi connectivity index (χ1v) is 23.8. The number of hydrogen-bond donors (Lipinski definition) is 0. The molecule has 0 bridgehead atoms. The van der Waals surface area contributed by atoms with Crippen LogP contribution < -0.4 is 0 Å². The molecule has 0 radical (unpaired) electrons. The molecule has 0 saturated carbocycles. The topological polar surface area (TPSA) is 43.6 Å². The van der Waals surface area contributed by atoms with Crippen LogP contribution in [0.25, 0.3) is 72.8 Å². The van der Waals surface area contributed by atoms with Crippen molar-refractivity contribution in [1.82, 2.24) is 19.5 Å². The number of benzene rings is 9. The zero-order valence-corrected chi connectivity index (χ0v) is 37.0. The Morgan fingerprint density at radius 1 is 0.354 bits per heavy atom. The maximum absolute atomic E-state index is 5.35. The first-order valence-electron chi connectivity index (χ1n) is 22.2. The van der Waals surface area contributed by atoms with Crippen LogP contribution in [0.2, 0.25) is 0 Å². The molecular formula is C60H44N4S. The first-order chi connectivity index (χ1) is 32.0. The van der Waals surface area contributed by atoms with E-state index < -0.39 is 10.0 Å². The summed E-state index contributed by atoms with van der Waals surface area (Å²) in [6, 6.07) is 83.4. The molecule has 0 aliphatic heterocycles. The summed E-state index contributed by atoms with van der Waals surface area (Å²) < 4.78 is 2.48. The van der Waals surface area contributed by atoms with Gasteiger partial charge < -0.3 is 4.57 Å². The van der Waals surface area contributed by atoms with E-state index in [0.29, 0.717) is 17.5 Å². The van der Waals surface area contributed by atoms with Crippen molar-refractivity contribution in [2.45, 2.75) is 38.8 Å². The summed E-state index contributed by atoms with van der Waals surface area (Å²) in [5.41, 5.74) is 11.3. The van der Waals surface area contributed by atoms with Crippen LogP contribution in [0.5, 0.6) is 0 Å². The highest BCUT2D eigenvalue weighted by atomic mass is 32.3. The molecular weight excluding hydrogens is 809 g/mol. The molecule has 12 rings (SSSR count). The molecule has 0 N–H and O–H groups in total. The van der Waals surface area contributed by atoms with Crippen LogP contribution in [0.4, 0.5) is 0 Å². The minimum atomic E-state index is -2.14. The van der Waals surface area contributed by atoms with Gasteiger partial charge in [0.2, 0.25) is 0 Å². The van der Waals surface area contributed by atoms with E-state index in [1.807, 2.05) is 36.4 Å². The maximum Gasteiger partial charge on any atom is 0.164 e. The van der Waals surface area contributed by atoms with Crippen molar-refractivity contribution in [3.8, 4) is 51.0 Å². The summed E-state index contributed by atoms with van der Waals surface area (Å²) in [7, 11) is -2.14. The Balaban J connectivity index is 1.23. The summed E-state index contributed by atoms with van der Waals surface area (Å²) in [6.07, 6.45) is 0. The molecule has 0 amide bonds. The molecule has 11 aromatic rings. The van der Waals surface area contributed by atoms with E-state index in [0.717, 1.165) is 33.4 Å². The van der Waals surface area contributed by atoms with Gasteiger partial charge >= 0.3 is 0 Å². The number of hydrogen-bond acceptors (Lipinski definition) is 3. The quantitative estimate of drug-likeness (QED) is 0.153. The minimum absolute atomic E-state index is 0.133. The fraction of sp³-hybridized carbons (Fsp3) is 0.0500. The Hall–Kier alpha value is -7.86. The molecule has 1 aliphatic carbocycles. The number of nitrogens with zero attached hydrogens (tertiary/aromatic N) is 4. The highest BCUT2D eigenvalue weighted by molar-refractivity contribution is 8.34. The summed E-state index contributed by atoms with van der Waals surface area (Å²) in [6.45, 7) is 4.72. The van der Waals surface area contributed by atoms with E-state index in [2.05, 4.69) is 213 Å². The van der Waals surface area contributed by atoms with Crippen LogP contribution in [0.3, 0.4) is 0 Å². The Kier molecular flexibility index (Phi) is 9.21. The second-order valence-corrected chi connectivity index (χ2v) is 20.4. The SMILES string of the molecule is CC1(C)c2ccccc2-c2cc3c(cc21)c1ccccc1n3-c1cc(-c2nc(-c3ccccc3)nc(-c3ccccc3)n2)cc(S(c2ccccc2)(c2ccccc2)c2ccccc2)c1. The molecule has 0 spiro atoms. The van der Waals surface area contributed by atoms with Crippen molar-refractivity contribution in [3.63, 3.8) is 0 Å². The molecule has 1 aliphatic rings. The molecule has 5 heteroatoms. The van der Waals surface area contributed by atoms with Gasteiger partial charge in [-0.2, -0.15) is 0 Å². The minimum Gasteiger partial charge on any atom is -0.309 e. The zero-order valence-electron chi connectivity index (χ0n) is 36.1. The van der Waals surface area contributed by atoms with Crippen molar-refractivity contribution in [2.24, 2.45) is 0 Å². The van der Waals surface area contributed by atoms with Gasteiger partial charge in [-0.15, -0.1) is 10.0 Å². The highest BCUT2D eigenvalue weighted by Crippen LogP contribution is 2.74. The van der Waals surface area contributed by atoms with Gasteiger partial charge in [0, 0.05) is 58.1 Å². The van der Waals surface area contributed by atoms with E-state index >= 15 is 0 Å². The third-order valence-electron chi connectivity index (χ3n) is 13.1. The van der Waals surface area contributed by atoms with Crippen LogP contribution in [0.1, 0.15) is 25.0 Å². The van der Waals surface area contributed by atoms with Crippen molar-refractivity contribution in [3.05, 3.63) is 242 Å². The Morgan fingerprint density at radius 2 is 0.831 bits per heavy atom. The summed E-state index contributed by atoms with van der Waals surface area (Å²) in [5, 5.41) is 2.45. The predicted molar refractivity (Wildman–Crippen MR) is 268 cm³/mol. The van der Waals surface area contributed by atoms with Crippen LogP contribution in [0.15, 0.2) is 250 Å². The lowest BCUT2D eigenvalue weighted by Crippen LogP contribution is -2.14. The van der Waals surface area contributed by atoms with Gasteiger partial charge in [-0.05, 0) is 95.1 Å². The standard InChI is InChI=1S/C60H44N4S/c1-60(2)53-34-20-18-32-49(53)51-40-56-52(39-54(51)60)50-33-19-21-35-55(50)64(56)44-36-43(59-62-57(41-22-8-3-9-23-41)61-58(63-59)42-24-10-4-11-25-42)37-48(38-44)65(45-26-12-5-13-27-45,46-28-14-6-15-29-46)47-30-16-7-17-31-47/h3-40H,1-2H3. The third-order valence-corrected chi connectivity index (χ3v) is 17.0. The summed E-state index contributed by atoms with van der Waals surface area (Å²) in [4.78, 5) is 20.7. The lowest BCUT2D eigenvalue weighted by atomic mass is 9.82. The fourth-order valence-electron chi connectivity index (χ4n) is 10.1. The molecule has 310 valence electrons. The fourth-order valence-corrected chi connectivity index (χ4v) is 14.0. The molecule has 0 unspecified atom stereocenters. The molecule has 0 fully saturated rings. The molecule has 0 atom stereocenters. The summed E-state index contributed by atoms with van der Waals surface area (Å²) >= 11 is 0.